The lowest BCUT2D eigenvalue weighted by molar-refractivity contribution is -0.148. The molecule has 154 valence electrons. The maximum atomic E-state index is 12.9. The molecule has 0 spiro atoms. The molecule has 8 nitrogen and oxygen atoms in total. The van der Waals surface area contributed by atoms with Gasteiger partial charge < -0.3 is 15.7 Å². The lowest BCUT2D eigenvalue weighted by atomic mass is 9.83. The van der Waals surface area contributed by atoms with Gasteiger partial charge in [0, 0.05) is 12.6 Å². The maximum Gasteiger partial charge on any atom is 0.322 e. The second-order valence-corrected chi connectivity index (χ2v) is 8.08. The Kier molecular flexibility index (Phi) is 8.04. The highest BCUT2D eigenvalue weighted by atomic mass is 16.4. The third kappa shape index (κ3) is 6.17. The van der Waals surface area contributed by atoms with Crippen molar-refractivity contribution < 1.29 is 19.5 Å². The van der Waals surface area contributed by atoms with Gasteiger partial charge in [-0.1, -0.05) is 33.1 Å². The first kappa shape index (κ1) is 21.6. The van der Waals surface area contributed by atoms with Crippen LogP contribution in [0.2, 0.25) is 0 Å². The van der Waals surface area contributed by atoms with Crippen LogP contribution in [0.5, 0.6) is 0 Å². The molecule has 0 bridgehead atoms. The summed E-state index contributed by atoms with van der Waals surface area (Å²) < 4.78 is 0. The van der Waals surface area contributed by atoms with Crippen molar-refractivity contribution in [2.75, 3.05) is 6.54 Å². The molecular weight excluding hydrogens is 348 g/mol. The van der Waals surface area contributed by atoms with E-state index in [1.54, 1.807) is 6.92 Å². The van der Waals surface area contributed by atoms with Crippen LogP contribution in [0.3, 0.4) is 0 Å². The molecule has 2 rings (SSSR count). The summed E-state index contributed by atoms with van der Waals surface area (Å²) in [6.07, 6.45) is 6.64. The lowest BCUT2D eigenvalue weighted by Gasteiger charge is -2.35. The first-order chi connectivity index (χ1) is 12.8. The quantitative estimate of drug-likeness (QED) is 0.523. The van der Waals surface area contributed by atoms with Crippen molar-refractivity contribution >= 4 is 17.8 Å². The summed E-state index contributed by atoms with van der Waals surface area (Å²) in [5, 5.41) is 16.7. The van der Waals surface area contributed by atoms with E-state index in [-0.39, 0.29) is 29.8 Å². The SMILES string of the molecule is CC(C)N[C@H](C(=O)N[C@@H](C)C(=O)N1CCCC(C(=O)O)N1)C1CCCCC1. The summed E-state index contributed by atoms with van der Waals surface area (Å²) in [5.41, 5.74) is 2.75. The Balaban J connectivity index is 1.96. The molecule has 2 fully saturated rings. The van der Waals surface area contributed by atoms with E-state index < -0.39 is 18.1 Å². The number of aliphatic carboxylic acids is 1. The number of amides is 2. The highest BCUT2D eigenvalue weighted by Crippen LogP contribution is 2.27. The third-order valence-corrected chi connectivity index (χ3v) is 5.40. The Morgan fingerprint density at radius 2 is 1.70 bits per heavy atom. The third-order valence-electron chi connectivity index (χ3n) is 5.40. The molecule has 0 radical (unpaired) electrons. The smallest absolute Gasteiger partial charge is 0.322 e. The fraction of sp³-hybridized carbons (Fsp3) is 0.842. The van der Waals surface area contributed by atoms with Gasteiger partial charge in [0.25, 0.3) is 5.91 Å². The largest absolute Gasteiger partial charge is 0.480 e. The van der Waals surface area contributed by atoms with Crippen LogP contribution >= 0.6 is 0 Å². The Bertz CT molecular complexity index is 534. The standard InChI is InChI=1S/C19H34N4O4/c1-12(2)20-16(14-8-5-4-6-9-14)17(24)21-13(3)18(25)23-11-7-10-15(22-23)19(26)27/h12-16,20,22H,4-11H2,1-3H3,(H,21,24)(H,26,27)/t13-,15?,16-/m0/s1. The second-order valence-electron chi connectivity index (χ2n) is 8.08. The van der Waals surface area contributed by atoms with Gasteiger partial charge in [-0.3, -0.25) is 19.4 Å². The predicted octanol–water partition coefficient (Wildman–Crippen LogP) is 1.02. The van der Waals surface area contributed by atoms with Gasteiger partial charge in [0.05, 0.1) is 6.04 Å². The Morgan fingerprint density at radius 3 is 2.30 bits per heavy atom. The van der Waals surface area contributed by atoms with Crippen molar-refractivity contribution in [3.05, 3.63) is 0 Å². The molecule has 4 N–H and O–H groups in total. The first-order valence-electron chi connectivity index (χ1n) is 10.2. The monoisotopic (exact) mass is 382 g/mol. The number of hydrazine groups is 1. The van der Waals surface area contributed by atoms with Crippen LogP contribution in [0.1, 0.15) is 65.7 Å². The molecule has 1 unspecified atom stereocenters. The molecule has 2 amide bonds. The molecular formula is C19H34N4O4. The van der Waals surface area contributed by atoms with E-state index in [0.29, 0.717) is 19.4 Å². The number of carbonyl (C=O) groups excluding carboxylic acids is 2. The number of carboxylic acid groups (broad SMARTS) is 1. The van der Waals surface area contributed by atoms with Crippen molar-refractivity contribution in [3.63, 3.8) is 0 Å². The Labute approximate surface area is 161 Å². The van der Waals surface area contributed by atoms with Crippen LogP contribution < -0.4 is 16.1 Å². The minimum atomic E-state index is -0.970. The number of hydrogen-bond acceptors (Lipinski definition) is 5. The van der Waals surface area contributed by atoms with E-state index in [0.717, 1.165) is 25.7 Å². The molecule has 0 aromatic carbocycles. The molecule has 27 heavy (non-hydrogen) atoms. The van der Waals surface area contributed by atoms with Crippen LogP contribution in [-0.4, -0.2) is 58.6 Å². The fourth-order valence-corrected chi connectivity index (χ4v) is 3.97. The molecule has 1 saturated heterocycles. The maximum absolute atomic E-state index is 12.9. The molecule has 1 aliphatic heterocycles. The van der Waals surface area contributed by atoms with Gasteiger partial charge in [0.15, 0.2) is 0 Å². The average Bonchev–Trinajstić information content (AvgIpc) is 2.66. The van der Waals surface area contributed by atoms with Crippen LogP contribution in [0.15, 0.2) is 0 Å². The molecule has 1 heterocycles. The lowest BCUT2D eigenvalue weighted by Crippen LogP contribution is -2.61. The summed E-state index contributed by atoms with van der Waals surface area (Å²) in [6, 6.07) is -1.60. The van der Waals surface area contributed by atoms with E-state index in [1.165, 1.54) is 11.4 Å². The number of rotatable bonds is 7. The zero-order chi connectivity index (χ0) is 20.0. The van der Waals surface area contributed by atoms with E-state index in [9.17, 15) is 14.4 Å². The van der Waals surface area contributed by atoms with Crippen molar-refractivity contribution in [1.82, 2.24) is 21.1 Å². The van der Waals surface area contributed by atoms with Gasteiger partial charge in [-0.2, -0.15) is 0 Å². The molecule has 0 aromatic heterocycles. The number of carbonyl (C=O) groups is 3. The summed E-state index contributed by atoms with van der Waals surface area (Å²) in [5.74, 6) is -1.14. The molecule has 8 heteroatoms. The number of nitrogens with zero attached hydrogens (tertiary/aromatic N) is 1. The summed E-state index contributed by atoms with van der Waals surface area (Å²) >= 11 is 0. The normalized spacial score (nSPS) is 23.7. The minimum Gasteiger partial charge on any atom is -0.480 e. The van der Waals surface area contributed by atoms with E-state index in [1.807, 2.05) is 13.8 Å². The van der Waals surface area contributed by atoms with E-state index in [4.69, 9.17) is 5.11 Å². The van der Waals surface area contributed by atoms with E-state index >= 15 is 0 Å². The summed E-state index contributed by atoms with van der Waals surface area (Å²) in [4.78, 5) is 36.7. The van der Waals surface area contributed by atoms with Crippen LogP contribution in [0, 0.1) is 5.92 Å². The fourth-order valence-electron chi connectivity index (χ4n) is 3.97. The van der Waals surface area contributed by atoms with Gasteiger partial charge >= 0.3 is 5.97 Å². The van der Waals surface area contributed by atoms with Crippen molar-refractivity contribution in [2.45, 2.75) is 89.9 Å². The van der Waals surface area contributed by atoms with E-state index in [2.05, 4.69) is 16.1 Å². The molecule has 3 atom stereocenters. The molecule has 1 saturated carbocycles. The van der Waals surface area contributed by atoms with Gasteiger partial charge in [0.2, 0.25) is 5.91 Å². The van der Waals surface area contributed by atoms with Gasteiger partial charge in [0.1, 0.15) is 12.1 Å². The van der Waals surface area contributed by atoms with Crippen molar-refractivity contribution in [3.8, 4) is 0 Å². The zero-order valence-corrected chi connectivity index (χ0v) is 16.7. The highest BCUT2D eigenvalue weighted by molar-refractivity contribution is 5.89. The molecule has 2 aliphatic rings. The van der Waals surface area contributed by atoms with Gasteiger partial charge in [-0.15, -0.1) is 0 Å². The van der Waals surface area contributed by atoms with Crippen molar-refractivity contribution in [2.24, 2.45) is 5.92 Å². The molecule has 1 aliphatic carbocycles. The topological polar surface area (TPSA) is 111 Å². The Morgan fingerprint density at radius 1 is 1.04 bits per heavy atom. The zero-order valence-electron chi connectivity index (χ0n) is 16.7. The van der Waals surface area contributed by atoms with Crippen LogP contribution in [0.4, 0.5) is 0 Å². The molecule has 0 aromatic rings. The van der Waals surface area contributed by atoms with Crippen LogP contribution in [-0.2, 0) is 14.4 Å². The predicted molar refractivity (Wildman–Crippen MR) is 102 cm³/mol. The number of hydrogen-bond donors (Lipinski definition) is 4. The van der Waals surface area contributed by atoms with Crippen LogP contribution in [0.25, 0.3) is 0 Å². The summed E-state index contributed by atoms with van der Waals surface area (Å²) in [6.45, 7) is 6.13. The number of carboxylic acids is 1. The Hall–Kier alpha value is -1.67. The van der Waals surface area contributed by atoms with Gasteiger partial charge in [-0.05, 0) is 38.5 Å². The second kappa shape index (κ2) is 10.0. The first-order valence-corrected chi connectivity index (χ1v) is 10.2. The summed E-state index contributed by atoms with van der Waals surface area (Å²) in [7, 11) is 0. The highest BCUT2D eigenvalue weighted by Gasteiger charge is 2.34. The average molecular weight is 383 g/mol. The minimum absolute atomic E-state index is 0.150. The number of nitrogens with one attached hydrogen (secondary N) is 3. The van der Waals surface area contributed by atoms with Crippen molar-refractivity contribution in [1.29, 1.82) is 0 Å². The van der Waals surface area contributed by atoms with Gasteiger partial charge in [-0.25, -0.2) is 5.43 Å².